The third-order valence-corrected chi connectivity index (χ3v) is 4.14. The number of piperazine rings is 1. The molecule has 0 saturated carbocycles. The van der Waals surface area contributed by atoms with Crippen LogP contribution >= 0.6 is 11.3 Å². The lowest BCUT2D eigenvalue weighted by molar-refractivity contribution is -0.136. The molecule has 2 rings (SSSR count). The predicted octanol–water partition coefficient (Wildman–Crippen LogP) is 1.30. The predicted molar refractivity (Wildman–Crippen MR) is 72.4 cm³/mol. The third kappa shape index (κ3) is 3.20. The Kier molecular flexibility index (Phi) is 4.19. The van der Waals surface area contributed by atoms with Gasteiger partial charge in [-0.25, -0.2) is 4.98 Å². The van der Waals surface area contributed by atoms with Crippen LogP contribution in [0.15, 0.2) is 5.38 Å². The number of rotatable bonds is 4. The third-order valence-electron chi connectivity index (χ3n) is 3.21. The Balaban J connectivity index is 1.98. The molecular formula is C12H19N3O2S. The Bertz CT molecular complexity index is 421. The van der Waals surface area contributed by atoms with Gasteiger partial charge in [0, 0.05) is 37.5 Å². The molecular weight excluding hydrogens is 250 g/mol. The zero-order valence-corrected chi connectivity index (χ0v) is 11.6. The van der Waals surface area contributed by atoms with Crippen molar-refractivity contribution < 1.29 is 9.90 Å². The maximum atomic E-state index is 10.5. The number of carboxylic acid groups (broad SMARTS) is 1. The highest BCUT2D eigenvalue weighted by molar-refractivity contribution is 7.13. The molecule has 6 heteroatoms. The lowest BCUT2D eigenvalue weighted by Gasteiger charge is -2.38. The number of aryl methyl sites for hydroxylation is 1. The van der Waals surface area contributed by atoms with Gasteiger partial charge in [0.1, 0.15) is 0 Å². The largest absolute Gasteiger partial charge is 0.481 e. The van der Waals surface area contributed by atoms with Crippen molar-refractivity contribution in [1.29, 1.82) is 0 Å². The quantitative estimate of drug-likeness (QED) is 0.893. The molecule has 1 aliphatic rings. The van der Waals surface area contributed by atoms with E-state index in [0.29, 0.717) is 12.5 Å². The smallest absolute Gasteiger partial charge is 0.303 e. The molecule has 0 spiro atoms. The van der Waals surface area contributed by atoms with E-state index in [1.165, 1.54) is 0 Å². The van der Waals surface area contributed by atoms with Crippen LogP contribution in [0.25, 0.3) is 0 Å². The molecule has 1 saturated heterocycles. The number of aliphatic carboxylic acids is 1. The number of nitrogens with zero attached hydrogens (tertiary/aromatic N) is 3. The molecule has 100 valence electrons. The van der Waals surface area contributed by atoms with E-state index < -0.39 is 5.97 Å². The molecule has 0 aromatic carbocycles. The Morgan fingerprint density at radius 3 is 3.06 bits per heavy atom. The minimum Gasteiger partial charge on any atom is -0.481 e. The SMILES string of the molecule is CC1CN(C)CCN1c1nc(CCC(=O)O)cs1. The van der Waals surface area contributed by atoms with Crippen LogP contribution in [0, 0.1) is 0 Å². The van der Waals surface area contributed by atoms with Crippen molar-refractivity contribution >= 4 is 22.4 Å². The molecule has 1 aromatic rings. The van der Waals surface area contributed by atoms with Gasteiger partial charge in [0.05, 0.1) is 12.1 Å². The number of hydrogen-bond donors (Lipinski definition) is 1. The van der Waals surface area contributed by atoms with E-state index >= 15 is 0 Å². The van der Waals surface area contributed by atoms with Gasteiger partial charge in [-0.3, -0.25) is 4.79 Å². The fourth-order valence-corrected chi connectivity index (χ4v) is 3.19. The first-order valence-corrected chi connectivity index (χ1v) is 7.05. The van der Waals surface area contributed by atoms with Gasteiger partial charge in [0.2, 0.25) is 0 Å². The van der Waals surface area contributed by atoms with Gasteiger partial charge in [-0.15, -0.1) is 11.3 Å². The second kappa shape index (κ2) is 5.67. The van der Waals surface area contributed by atoms with Crippen molar-refractivity contribution in [2.24, 2.45) is 0 Å². The Hall–Kier alpha value is -1.14. The highest BCUT2D eigenvalue weighted by atomic mass is 32.1. The molecule has 1 unspecified atom stereocenters. The summed E-state index contributed by atoms with van der Waals surface area (Å²) >= 11 is 1.62. The summed E-state index contributed by atoms with van der Waals surface area (Å²) in [5, 5.41) is 11.7. The maximum Gasteiger partial charge on any atom is 0.303 e. The summed E-state index contributed by atoms with van der Waals surface area (Å²) in [5.41, 5.74) is 0.892. The molecule has 1 N–H and O–H groups in total. The van der Waals surface area contributed by atoms with Crippen molar-refractivity contribution in [3.63, 3.8) is 0 Å². The molecule has 1 aromatic heterocycles. The van der Waals surface area contributed by atoms with Gasteiger partial charge in [0.25, 0.3) is 0 Å². The average Bonchev–Trinajstić information content (AvgIpc) is 2.75. The second-order valence-electron chi connectivity index (χ2n) is 4.82. The Morgan fingerprint density at radius 2 is 2.39 bits per heavy atom. The summed E-state index contributed by atoms with van der Waals surface area (Å²) in [6.45, 7) is 5.29. The van der Waals surface area contributed by atoms with Crippen molar-refractivity contribution in [3.05, 3.63) is 11.1 Å². The number of thiazole rings is 1. The number of carbonyl (C=O) groups is 1. The van der Waals surface area contributed by atoms with E-state index in [9.17, 15) is 4.79 Å². The summed E-state index contributed by atoms with van der Waals surface area (Å²) in [7, 11) is 2.13. The molecule has 1 atom stereocenters. The van der Waals surface area contributed by atoms with Gasteiger partial charge in [-0.05, 0) is 14.0 Å². The highest BCUT2D eigenvalue weighted by Gasteiger charge is 2.23. The number of carboxylic acids is 1. The molecule has 5 nitrogen and oxygen atoms in total. The van der Waals surface area contributed by atoms with Crippen LogP contribution in [0.4, 0.5) is 5.13 Å². The number of anilines is 1. The first kappa shape index (κ1) is 13.3. The fourth-order valence-electron chi connectivity index (χ4n) is 2.20. The minimum absolute atomic E-state index is 0.154. The standard InChI is InChI=1S/C12H19N3O2S/c1-9-7-14(2)5-6-15(9)12-13-10(8-18-12)3-4-11(16)17/h8-9H,3-7H2,1-2H3,(H,16,17). The van der Waals surface area contributed by atoms with E-state index in [2.05, 4.69) is 28.8 Å². The van der Waals surface area contributed by atoms with Gasteiger partial charge in [-0.1, -0.05) is 0 Å². The normalized spacial score (nSPS) is 21.2. The van der Waals surface area contributed by atoms with Gasteiger partial charge in [-0.2, -0.15) is 0 Å². The van der Waals surface area contributed by atoms with E-state index in [1.807, 2.05) is 5.38 Å². The number of likely N-dealkylation sites (N-methyl/N-ethyl adjacent to an activating group) is 1. The van der Waals surface area contributed by atoms with Crippen molar-refractivity contribution in [3.8, 4) is 0 Å². The Labute approximate surface area is 111 Å². The van der Waals surface area contributed by atoms with Crippen LogP contribution in [0.5, 0.6) is 0 Å². The molecule has 0 bridgehead atoms. The van der Waals surface area contributed by atoms with Crippen LogP contribution in [0.3, 0.4) is 0 Å². The topological polar surface area (TPSA) is 56.7 Å². The molecule has 18 heavy (non-hydrogen) atoms. The summed E-state index contributed by atoms with van der Waals surface area (Å²) < 4.78 is 0. The van der Waals surface area contributed by atoms with E-state index in [1.54, 1.807) is 11.3 Å². The van der Waals surface area contributed by atoms with Gasteiger partial charge in [0.15, 0.2) is 5.13 Å². The first-order chi connectivity index (χ1) is 8.56. The molecule has 0 aliphatic carbocycles. The van der Waals surface area contributed by atoms with Crippen LogP contribution in [0.1, 0.15) is 19.0 Å². The second-order valence-corrected chi connectivity index (χ2v) is 5.66. The molecule has 1 aliphatic heterocycles. The van der Waals surface area contributed by atoms with E-state index in [-0.39, 0.29) is 6.42 Å². The average molecular weight is 269 g/mol. The van der Waals surface area contributed by atoms with Crippen molar-refractivity contribution in [2.75, 3.05) is 31.6 Å². The van der Waals surface area contributed by atoms with Gasteiger partial charge >= 0.3 is 5.97 Å². The summed E-state index contributed by atoms with van der Waals surface area (Å²) in [6.07, 6.45) is 0.676. The van der Waals surface area contributed by atoms with Crippen molar-refractivity contribution in [1.82, 2.24) is 9.88 Å². The molecule has 2 heterocycles. The van der Waals surface area contributed by atoms with Crippen LogP contribution in [-0.2, 0) is 11.2 Å². The Morgan fingerprint density at radius 1 is 1.61 bits per heavy atom. The highest BCUT2D eigenvalue weighted by Crippen LogP contribution is 2.25. The van der Waals surface area contributed by atoms with E-state index in [4.69, 9.17) is 5.11 Å². The lowest BCUT2D eigenvalue weighted by Crippen LogP contribution is -2.50. The van der Waals surface area contributed by atoms with Crippen molar-refractivity contribution in [2.45, 2.75) is 25.8 Å². The number of hydrogen-bond acceptors (Lipinski definition) is 5. The summed E-state index contributed by atoms with van der Waals surface area (Å²) in [5.74, 6) is -0.766. The minimum atomic E-state index is -0.766. The van der Waals surface area contributed by atoms with E-state index in [0.717, 1.165) is 30.5 Å². The fraction of sp³-hybridized carbons (Fsp3) is 0.667. The zero-order chi connectivity index (χ0) is 13.1. The van der Waals surface area contributed by atoms with Crippen LogP contribution in [0.2, 0.25) is 0 Å². The first-order valence-electron chi connectivity index (χ1n) is 6.17. The van der Waals surface area contributed by atoms with Gasteiger partial charge < -0.3 is 14.9 Å². The molecule has 0 radical (unpaired) electrons. The lowest BCUT2D eigenvalue weighted by atomic mass is 10.2. The summed E-state index contributed by atoms with van der Waals surface area (Å²) in [4.78, 5) is 19.7. The summed E-state index contributed by atoms with van der Waals surface area (Å²) in [6, 6.07) is 0.460. The van der Waals surface area contributed by atoms with Crippen LogP contribution < -0.4 is 4.90 Å². The maximum absolute atomic E-state index is 10.5. The number of aromatic nitrogens is 1. The molecule has 0 amide bonds. The monoisotopic (exact) mass is 269 g/mol. The van der Waals surface area contributed by atoms with Crippen LogP contribution in [-0.4, -0.2) is 53.7 Å². The molecule has 1 fully saturated rings. The zero-order valence-electron chi connectivity index (χ0n) is 10.8.